The molecule has 1 aromatic rings. The van der Waals surface area contributed by atoms with Gasteiger partial charge in [-0.05, 0) is 64.2 Å². The quantitative estimate of drug-likeness (QED) is 0.819. The van der Waals surface area contributed by atoms with Crippen LogP contribution in [0.5, 0.6) is 5.75 Å². The van der Waals surface area contributed by atoms with Gasteiger partial charge in [0, 0.05) is 12.3 Å². The first-order valence-corrected chi connectivity index (χ1v) is 8.67. The molecule has 0 bridgehead atoms. The zero-order chi connectivity index (χ0) is 17.6. The van der Waals surface area contributed by atoms with Gasteiger partial charge in [0.25, 0.3) is 5.91 Å². The number of anilines is 1. The van der Waals surface area contributed by atoms with E-state index in [1.54, 1.807) is 18.2 Å². The van der Waals surface area contributed by atoms with Crippen molar-refractivity contribution in [1.29, 1.82) is 5.26 Å². The highest BCUT2D eigenvalue weighted by molar-refractivity contribution is 5.97. The van der Waals surface area contributed by atoms with E-state index in [0.29, 0.717) is 23.6 Å². The van der Waals surface area contributed by atoms with Crippen molar-refractivity contribution in [3.05, 3.63) is 23.8 Å². The van der Waals surface area contributed by atoms with Crippen LogP contribution in [0.4, 0.5) is 5.69 Å². The zero-order valence-corrected chi connectivity index (χ0v) is 14.7. The van der Waals surface area contributed by atoms with E-state index in [1.165, 1.54) is 0 Å². The molecular weight excluding hydrogens is 304 g/mol. The summed E-state index contributed by atoms with van der Waals surface area (Å²) in [6, 6.07) is 7.26. The lowest BCUT2D eigenvalue weighted by molar-refractivity contribution is -0.140. The van der Waals surface area contributed by atoms with Gasteiger partial charge in [0.2, 0.25) is 0 Å². The van der Waals surface area contributed by atoms with Gasteiger partial charge >= 0.3 is 0 Å². The van der Waals surface area contributed by atoms with Crippen LogP contribution in [0.2, 0.25) is 0 Å². The van der Waals surface area contributed by atoms with Crippen LogP contribution in [-0.4, -0.2) is 24.2 Å². The first-order chi connectivity index (χ1) is 11.5. The maximum absolute atomic E-state index is 12.8. The molecule has 5 heteroatoms. The molecule has 0 atom stereocenters. The molecule has 1 aromatic carbocycles. The predicted molar refractivity (Wildman–Crippen MR) is 93.0 cm³/mol. The summed E-state index contributed by atoms with van der Waals surface area (Å²) >= 11 is 0. The van der Waals surface area contributed by atoms with Crippen LogP contribution >= 0.6 is 0 Å². The largest absolute Gasteiger partial charge is 0.490 e. The maximum Gasteiger partial charge on any atom is 0.256 e. The summed E-state index contributed by atoms with van der Waals surface area (Å²) in [6.07, 6.45) is 4.37. The Labute approximate surface area is 144 Å². The summed E-state index contributed by atoms with van der Waals surface area (Å²) in [7, 11) is 0. The lowest BCUT2D eigenvalue weighted by Gasteiger charge is -2.28. The number of nitriles is 1. The fourth-order valence-corrected chi connectivity index (χ4v) is 2.98. The average molecular weight is 330 g/mol. The van der Waals surface area contributed by atoms with Crippen molar-refractivity contribution in [3.8, 4) is 11.8 Å². The minimum Gasteiger partial charge on any atom is -0.490 e. The number of benzene rings is 1. The van der Waals surface area contributed by atoms with Crippen molar-refractivity contribution in [2.75, 3.05) is 11.9 Å². The molecule has 1 aliphatic carbocycles. The molecule has 0 saturated heterocycles. The average Bonchev–Trinajstić information content (AvgIpc) is 3.04. The Morgan fingerprint density at radius 3 is 2.67 bits per heavy atom. The first kappa shape index (κ1) is 18.3. The molecule has 0 aromatic heterocycles. The predicted octanol–water partition coefficient (Wildman–Crippen LogP) is 4.02. The van der Waals surface area contributed by atoms with Gasteiger partial charge in [-0.25, -0.2) is 0 Å². The number of nitrogens with one attached hydrogen (secondary N) is 1. The van der Waals surface area contributed by atoms with Crippen molar-refractivity contribution < 1.29 is 14.3 Å². The summed E-state index contributed by atoms with van der Waals surface area (Å²) in [5, 5.41) is 12.2. The number of carbonyl (C=O) groups is 1. The third-order valence-electron chi connectivity index (χ3n) is 4.13. The summed E-state index contributed by atoms with van der Waals surface area (Å²) in [4.78, 5) is 12.8. The van der Waals surface area contributed by atoms with E-state index in [4.69, 9.17) is 9.47 Å². The molecule has 0 heterocycles. The fourth-order valence-electron chi connectivity index (χ4n) is 2.98. The number of hydrogen-bond donors (Lipinski definition) is 1. The van der Waals surface area contributed by atoms with Gasteiger partial charge in [0.15, 0.2) is 0 Å². The van der Waals surface area contributed by atoms with Gasteiger partial charge in [0.1, 0.15) is 17.4 Å². The van der Waals surface area contributed by atoms with Crippen LogP contribution in [0.25, 0.3) is 0 Å². The molecule has 1 amide bonds. The molecule has 130 valence electrons. The molecule has 0 unspecified atom stereocenters. The van der Waals surface area contributed by atoms with Crippen molar-refractivity contribution in [2.45, 2.75) is 64.6 Å². The number of carbonyl (C=O) groups excluding carboxylic acids is 1. The summed E-state index contributed by atoms with van der Waals surface area (Å²) in [5.41, 5.74) is 0.283. The lowest BCUT2D eigenvalue weighted by atomic mass is 10.0. The summed E-state index contributed by atoms with van der Waals surface area (Å²) in [6.45, 7) is 6.43. The van der Waals surface area contributed by atoms with Crippen LogP contribution in [0.3, 0.4) is 0 Å². The van der Waals surface area contributed by atoms with Crippen molar-refractivity contribution >= 4 is 11.6 Å². The van der Waals surface area contributed by atoms with Gasteiger partial charge in [-0.15, -0.1) is 0 Å². The maximum atomic E-state index is 12.8. The number of rotatable bonds is 7. The first-order valence-electron chi connectivity index (χ1n) is 8.67. The topological polar surface area (TPSA) is 71.3 Å². The number of hydrogen-bond acceptors (Lipinski definition) is 4. The van der Waals surface area contributed by atoms with E-state index in [-0.39, 0.29) is 12.0 Å². The van der Waals surface area contributed by atoms with Gasteiger partial charge in [-0.2, -0.15) is 5.26 Å². The Balaban J connectivity index is 2.14. The van der Waals surface area contributed by atoms with Gasteiger partial charge in [-0.1, -0.05) is 6.92 Å². The number of amides is 1. The third kappa shape index (κ3) is 4.27. The lowest BCUT2D eigenvalue weighted by Crippen LogP contribution is -2.43. The normalized spacial score (nSPS) is 16.0. The minimum absolute atomic E-state index is 0.0123. The SMILES string of the molecule is CCCOC1(C(=O)Nc2ccc(OC(C)C)c(C#N)c2)CCCC1. The van der Waals surface area contributed by atoms with E-state index in [9.17, 15) is 10.1 Å². The second-order valence-electron chi connectivity index (χ2n) is 6.49. The molecule has 0 radical (unpaired) electrons. The zero-order valence-electron chi connectivity index (χ0n) is 14.7. The Morgan fingerprint density at radius 2 is 2.08 bits per heavy atom. The van der Waals surface area contributed by atoms with E-state index in [1.807, 2.05) is 20.8 Å². The molecule has 2 rings (SSSR count). The summed E-state index contributed by atoms with van der Waals surface area (Å²) < 4.78 is 11.5. The molecule has 0 aliphatic heterocycles. The molecular formula is C19H26N2O3. The summed E-state index contributed by atoms with van der Waals surface area (Å²) in [5.74, 6) is 0.415. The van der Waals surface area contributed by atoms with Crippen molar-refractivity contribution in [2.24, 2.45) is 0 Å². The van der Waals surface area contributed by atoms with E-state index in [0.717, 1.165) is 32.1 Å². The van der Waals surface area contributed by atoms with Crippen LogP contribution in [-0.2, 0) is 9.53 Å². The molecule has 0 spiro atoms. The van der Waals surface area contributed by atoms with E-state index < -0.39 is 5.60 Å². The Morgan fingerprint density at radius 1 is 1.38 bits per heavy atom. The Hall–Kier alpha value is -2.06. The monoisotopic (exact) mass is 330 g/mol. The second-order valence-corrected chi connectivity index (χ2v) is 6.49. The van der Waals surface area contributed by atoms with Crippen LogP contribution in [0.15, 0.2) is 18.2 Å². The van der Waals surface area contributed by atoms with Gasteiger partial charge in [-0.3, -0.25) is 4.79 Å². The smallest absolute Gasteiger partial charge is 0.256 e. The number of nitrogens with zero attached hydrogens (tertiary/aromatic N) is 1. The number of ether oxygens (including phenoxy) is 2. The molecule has 1 fully saturated rings. The van der Waals surface area contributed by atoms with Crippen molar-refractivity contribution in [3.63, 3.8) is 0 Å². The highest BCUT2D eigenvalue weighted by atomic mass is 16.5. The molecule has 24 heavy (non-hydrogen) atoms. The minimum atomic E-state index is -0.726. The van der Waals surface area contributed by atoms with Gasteiger partial charge in [0.05, 0.1) is 11.7 Å². The molecule has 5 nitrogen and oxygen atoms in total. The van der Waals surface area contributed by atoms with Crippen molar-refractivity contribution in [1.82, 2.24) is 0 Å². The molecule has 1 N–H and O–H groups in total. The van der Waals surface area contributed by atoms with Crippen LogP contribution in [0, 0.1) is 11.3 Å². The third-order valence-corrected chi connectivity index (χ3v) is 4.13. The van der Waals surface area contributed by atoms with Gasteiger partial charge < -0.3 is 14.8 Å². The van der Waals surface area contributed by atoms with Crippen LogP contribution < -0.4 is 10.1 Å². The Bertz CT molecular complexity index is 614. The second kappa shape index (κ2) is 8.16. The van der Waals surface area contributed by atoms with Crippen LogP contribution in [0.1, 0.15) is 58.4 Å². The molecule has 1 aliphatic rings. The van der Waals surface area contributed by atoms with E-state index in [2.05, 4.69) is 11.4 Å². The fraction of sp³-hybridized carbons (Fsp3) is 0.579. The standard InChI is InChI=1S/C19H26N2O3/c1-4-11-23-19(9-5-6-10-19)18(22)21-16-7-8-17(24-14(2)3)15(12-16)13-20/h7-8,12,14H,4-6,9-11H2,1-3H3,(H,21,22). The Kier molecular flexibility index (Phi) is 6.22. The highest BCUT2D eigenvalue weighted by Gasteiger charge is 2.42. The molecule has 1 saturated carbocycles. The highest BCUT2D eigenvalue weighted by Crippen LogP contribution is 2.35. The van der Waals surface area contributed by atoms with E-state index >= 15 is 0 Å².